The molecule has 14 heteroatoms. The van der Waals surface area contributed by atoms with Gasteiger partial charge in [0, 0.05) is 23.5 Å². The zero-order valence-corrected chi connectivity index (χ0v) is 23.2. The van der Waals surface area contributed by atoms with E-state index in [-0.39, 0.29) is 19.3 Å². The summed E-state index contributed by atoms with van der Waals surface area (Å²) < 4.78 is 0. The number of nitrogens with two attached hydrogens (primary N) is 2. The van der Waals surface area contributed by atoms with E-state index in [1.807, 2.05) is 30.5 Å². The average Bonchev–Trinajstić information content (AvgIpc) is 3.32. The van der Waals surface area contributed by atoms with Gasteiger partial charge in [0.05, 0.1) is 12.5 Å². The Balaban J connectivity index is 2.16. The van der Waals surface area contributed by atoms with Crippen molar-refractivity contribution in [3.05, 3.63) is 36.0 Å². The summed E-state index contributed by atoms with van der Waals surface area (Å²) >= 11 is 1.44. The lowest BCUT2D eigenvalue weighted by Crippen LogP contribution is -2.57. The fourth-order valence-electron chi connectivity index (χ4n) is 4.09. The second kappa shape index (κ2) is 16.5. The normalized spacial score (nSPS) is 14.1. The van der Waals surface area contributed by atoms with E-state index in [0.29, 0.717) is 30.7 Å². The highest BCUT2D eigenvalue weighted by atomic mass is 32.2. The molecule has 0 saturated carbocycles. The van der Waals surface area contributed by atoms with E-state index in [1.165, 1.54) is 11.8 Å². The standard InChI is InChI=1S/C26H38N6O7S/c1-40-11-9-20(31-24(36)19(8-4-5-10-27)30-23(35)17(28)13-22(33)34)25(37)32-21(26(38)39)12-15-14-29-18-7-3-2-6-16(15)18/h2-3,6-7,14,17,19-21,29H,4-5,8-13,27-28H2,1H3,(H,30,35)(H,31,36)(H,32,37)(H,33,34)(H,38,39). The monoisotopic (exact) mass is 578 g/mol. The lowest BCUT2D eigenvalue weighted by atomic mass is 10.0. The van der Waals surface area contributed by atoms with Crippen LogP contribution in [0.1, 0.15) is 37.7 Å². The van der Waals surface area contributed by atoms with Crippen molar-refractivity contribution < 1.29 is 34.2 Å². The largest absolute Gasteiger partial charge is 0.481 e. The smallest absolute Gasteiger partial charge is 0.326 e. The molecule has 2 rings (SSSR count). The van der Waals surface area contributed by atoms with E-state index in [4.69, 9.17) is 16.6 Å². The molecule has 0 bridgehead atoms. The van der Waals surface area contributed by atoms with E-state index in [2.05, 4.69) is 20.9 Å². The molecular formula is C26H38N6O7S. The Morgan fingerprint density at radius 2 is 1.55 bits per heavy atom. The van der Waals surface area contributed by atoms with E-state index >= 15 is 0 Å². The molecule has 0 saturated heterocycles. The minimum Gasteiger partial charge on any atom is -0.481 e. The first kappa shape index (κ1) is 32.6. The van der Waals surface area contributed by atoms with Gasteiger partial charge >= 0.3 is 11.9 Å². The molecule has 10 N–H and O–H groups in total. The molecule has 3 amide bonds. The lowest BCUT2D eigenvalue weighted by molar-refractivity contribution is -0.142. The maximum atomic E-state index is 13.2. The van der Waals surface area contributed by atoms with Gasteiger partial charge in [-0.25, -0.2) is 4.79 Å². The fourth-order valence-corrected chi connectivity index (χ4v) is 4.56. The Kier molecular flexibility index (Phi) is 13.4. The molecule has 0 aliphatic heterocycles. The molecule has 4 atom stereocenters. The second-order valence-corrected chi connectivity index (χ2v) is 10.3. The number of fused-ring (bicyclic) bond motifs is 1. The highest BCUT2D eigenvalue weighted by Crippen LogP contribution is 2.19. The summed E-state index contributed by atoms with van der Waals surface area (Å²) in [7, 11) is 0. The minimum atomic E-state index is -1.36. The Bertz CT molecular complexity index is 1170. The summed E-state index contributed by atoms with van der Waals surface area (Å²) in [4.78, 5) is 64.9. The Hall–Kier alpha value is -3.62. The number of rotatable bonds is 18. The number of aromatic amines is 1. The topological polar surface area (TPSA) is 230 Å². The predicted molar refractivity (Wildman–Crippen MR) is 152 cm³/mol. The second-order valence-electron chi connectivity index (χ2n) is 9.36. The maximum Gasteiger partial charge on any atom is 0.326 e. The number of H-pyrrole nitrogens is 1. The van der Waals surface area contributed by atoms with Crippen molar-refractivity contribution in [1.82, 2.24) is 20.9 Å². The number of aliphatic carboxylic acids is 2. The number of carbonyl (C=O) groups excluding carboxylic acids is 3. The van der Waals surface area contributed by atoms with Gasteiger partial charge in [0.25, 0.3) is 0 Å². The molecule has 0 aliphatic carbocycles. The number of aromatic nitrogens is 1. The van der Waals surface area contributed by atoms with Crippen LogP contribution in [0.25, 0.3) is 10.9 Å². The van der Waals surface area contributed by atoms with Gasteiger partial charge in [-0.05, 0) is 55.9 Å². The number of carbonyl (C=O) groups is 5. The van der Waals surface area contributed by atoms with Crippen molar-refractivity contribution in [2.45, 2.75) is 62.7 Å². The third kappa shape index (κ3) is 10.2. The summed E-state index contributed by atoms with van der Waals surface area (Å²) in [5.74, 6) is -4.16. The van der Waals surface area contributed by atoms with E-state index < -0.39 is 60.2 Å². The van der Waals surface area contributed by atoms with Crippen LogP contribution in [-0.2, 0) is 30.4 Å². The molecule has 0 spiro atoms. The summed E-state index contributed by atoms with van der Waals surface area (Å²) in [6.07, 6.45) is 4.38. The van der Waals surface area contributed by atoms with Gasteiger partial charge in [-0.2, -0.15) is 11.8 Å². The van der Waals surface area contributed by atoms with Gasteiger partial charge in [0.1, 0.15) is 18.1 Å². The minimum absolute atomic E-state index is 0.0213. The number of nitrogens with one attached hydrogen (secondary N) is 4. The Morgan fingerprint density at radius 1 is 0.925 bits per heavy atom. The first-order valence-electron chi connectivity index (χ1n) is 12.9. The van der Waals surface area contributed by atoms with Crippen LogP contribution in [-0.4, -0.2) is 87.6 Å². The zero-order valence-electron chi connectivity index (χ0n) is 22.4. The van der Waals surface area contributed by atoms with Crippen LogP contribution in [0.4, 0.5) is 0 Å². The molecule has 13 nitrogen and oxygen atoms in total. The van der Waals surface area contributed by atoms with Crippen molar-refractivity contribution in [1.29, 1.82) is 0 Å². The number of amides is 3. The quantitative estimate of drug-likeness (QED) is 0.110. The van der Waals surface area contributed by atoms with Crippen molar-refractivity contribution in [3.8, 4) is 0 Å². The molecule has 40 heavy (non-hydrogen) atoms. The molecule has 220 valence electrons. The molecule has 1 aromatic carbocycles. The molecule has 1 heterocycles. The third-order valence-electron chi connectivity index (χ3n) is 6.27. The van der Waals surface area contributed by atoms with Crippen LogP contribution >= 0.6 is 11.8 Å². The van der Waals surface area contributed by atoms with Crippen molar-refractivity contribution in [2.24, 2.45) is 11.5 Å². The number of para-hydroxylation sites is 1. The number of hydrogen-bond acceptors (Lipinski definition) is 8. The first-order chi connectivity index (χ1) is 19.1. The number of thioether (sulfide) groups is 1. The summed E-state index contributed by atoms with van der Waals surface area (Å²) in [5.41, 5.74) is 12.7. The highest BCUT2D eigenvalue weighted by Gasteiger charge is 2.30. The van der Waals surface area contributed by atoms with Crippen molar-refractivity contribution in [3.63, 3.8) is 0 Å². The van der Waals surface area contributed by atoms with Crippen LogP contribution in [0.2, 0.25) is 0 Å². The van der Waals surface area contributed by atoms with Crippen LogP contribution in [0.5, 0.6) is 0 Å². The number of carboxylic acid groups (broad SMARTS) is 2. The first-order valence-corrected chi connectivity index (χ1v) is 14.3. The Labute approximate surface area is 236 Å². The number of benzene rings is 1. The van der Waals surface area contributed by atoms with Crippen LogP contribution < -0.4 is 27.4 Å². The van der Waals surface area contributed by atoms with Crippen molar-refractivity contribution >= 4 is 52.3 Å². The van der Waals surface area contributed by atoms with Gasteiger partial charge in [-0.1, -0.05) is 18.2 Å². The lowest BCUT2D eigenvalue weighted by Gasteiger charge is -2.25. The zero-order chi connectivity index (χ0) is 29.7. The SMILES string of the molecule is CSCCC(NC(=O)C(CCCCN)NC(=O)C(N)CC(=O)O)C(=O)NC(Cc1c[nH]c2ccccc12)C(=O)O. The third-order valence-corrected chi connectivity index (χ3v) is 6.91. The summed E-state index contributed by atoms with van der Waals surface area (Å²) in [5, 5.41) is 27.2. The highest BCUT2D eigenvalue weighted by molar-refractivity contribution is 7.98. The Morgan fingerprint density at radius 3 is 2.17 bits per heavy atom. The van der Waals surface area contributed by atoms with Gasteiger partial charge < -0.3 is 42.6 Å². The van der Waals surface area contributed by atoms with E-state index in [1.54, 1.807) is 6.20 Å². The maximum absolute atomic E-state index is 13.2. The van der Waals surface area contributed by atoms with Crippen LogP contribution in [0.15, 0.2) is 30.5 Å². The molecule has 2 aromatic rings. The van der Waals surface area contributed by atoms with Gasteiger partial charge in [0.15, 0.2) is 0 Å². The molecule has 0 radical (unpaired) electrons. The number of unbranched alkanes of at least 4 members (excludes halogenated alkanes) is 1. The molecular weight excluding hydrogens is 540 g/mol. The van der Waals surface area contributed by atoms with E-state index in [9.17, 15) is 29.1 Å². The van der Waals surface area contributed by atoms with Gasteiger partial charge in [-0.15, -0.1) is 0 Å². The molecule has 4 unspecified atom stereocenters. The average molecular weight is 579 g/mol. The van der Waals surface area contributed by atoms with Crippen molar-refractivity contribution in [2.75, 3.05) is 18.6 Å². The van der Waals surface area contributed by atoms with Crippen LogP contribution in [0.3, 0.4) is 0 Å². The molecule has 1 aromatic heterocycles. The summed E-state index contributed by atoms with van der Waals surface area (Å²) in [6.45, 7) is 0.368. The number of carboxylic acids is 2. The van der Waals surface area contributed by atoms with Crippen LogP contribution in [0, 0.1) is 0 Å². The fraction of sp³-hybridized carbons (Fsp3) is 0.500. The number of hydrogen-bond donors (Lipinski definition) is 8. The molecule has 0 fully saturated rings. The molecule has 0 aliphatic rings. The summed E-state index contributed by atoms with van der Waals surface area (Å²) in [6, 6.07) is 2.61. The van der Waals surface area contributed by atoms with Gasteiger partial charge in [0.2, 0.25) is 17.7 Å². The predicted octanol–water partition coefficient (Wildman–Crippen LogP) is -0.0665. The van der Waals surface area contributed by atoms with E-state index in [0.717, 1.165) is 10.9 Å². The van der Waals surface area contributed by atoms with Gasteiger partial charge in [-0.3, -0.25) is 19.2 Å².